The number of morpholine rings is 1. The van der Waals surface area contributed by atoms with Crippen LogP contribution in [0.3, 0.4) is 0 Å². The summed E-state index contributed by atoms with van der Waals surface area (Å²) in [6.07, 6.45) is 0. The molecule has 1 fully saturated rings. The topological polar surface area (TPSA) is 93.0 Å². The van der Waals surface area contributed by atoms with Gasteiger partial charge < -0.3 is 9.64 Å². The van der Waals surface area contributed by atoms with Crippen molar-refractivity contribution in [1.29, 1.82) is 0 Å². The second-order valence-electron chi connectivity index (χ2n) is 6.52. The van der Waals surface area contributed by atoms with Gasteiger partial charge in [-0.3, -0.25) is 10.1 Å². The maximum Gasteiger partial charge on any atom is 0.293 e. The molecule has 0 aliphatic carbocycles. The number of rotatable bonds is 6. The quantitative estimate of drug-likeness (QED) is 0.561. The summed E-state index contributed by atoms with van der Waals surface area (Å²) in [7, 11) is -1.99. The molecule has 0 aromatic heterocycles. The minimum Gasteiger partial charge on any atom is -0.379 e. The first-order valence-corrected chi connectivity index (χ1v) is 9.69. The van der Waals surface area contributed by atoms with Gasteiger partial charge in [0.25, 0.3) is 5.69 Å². The molecule has 0 saturated carbocycles. The van der Waals surface area contributed by atoms with Gasteiger partial charge in [0.15, 0.2) is 0 Å². The number of hydrogen-bond donors (Lipinski definition) is 0. The van der Waals surface area contributed by atoms with E-state index in [1.165, 1.54) is 16.4 Å². The SMILES string of the molecule is CC(C)[C@@H](C)N(C)c1ccc(S(=O)(=O)N2CCOCC2)cc1[N+](=O)[O-]. The molecule has 0 bridgehead atoms. The zero-order valence-corrected chi connectivity index (χ0v) is 15.8. The van der Waals surface area contributed by atoms with E-state index in [0.717, 1.165) is 6.07 Å². The van der Waals surface area contributed by atoms with Crippen LogP contribution in [0, 0.1) is 16.0 Å². The highest BCUT2D eigenvalue weighted by molar-refractivity contribution is 7.89. The third kappa shape index (κ3) is 4.10. The van der Waals surface area contributed by atoms with Gasteiger partial charge in [-0.1, -0.05) is 13.8 Å². The monoisotopic (exact) mass is 371 g/mol. The van der Waals surface area contributed by atoms with Crippen molar-refractivity contribution in [1.82, 2.24) is 4.31 Å². The van der Waals surface area contributed by atoms with Crippen LogP contribution < -0.4 is 4.90 Å². The number of benzene rings is 1. The number of nitro groups is 1. The summed E-state index contributed by atoms with van der Waals surface area (Å²) < 4.78 is 31.9. The molecule has 0 radical (unpaired) electrons. The minimum absolute atomic E-state index is 0.0598. The smallest absolute Gasteiger partial charge is 0.293 e. The first kappa shape index (κ1) is 19.6. The lowest BCUT2D eigenvalue weighted by atomic mass is 10.0. The van der Waals surface area contributed by atoms with Gasteiger partial charge >= 0.3 is 0 Å². The number of ether oxygens (including phenoxy) is 1. The summed E-state index contributed by atoms with van der Waals surface area (Å²) >= 11 is 0. The Labute approximate surface area is 148 Å². The largest absolute Gasteiger partial charge is 0.379 e. The Balaban J connectivity index is 2.43. The Morgan fingerprint density at radius 2 is 1.84 bits per heavy atom. The van der Waals surface area contributed by atoms with E-state index < -0.39 is 14.9 Å². The maximum atomic E-state index is 12.7. The first-order chi connectivity index (χ1) is 11.7. The normalized spacial score (nSPS) is 17.5. The molecule has 2 rings (SSSR count). The van der Waals surface area contributed by atoms with E-state index in [0.29, 0.717) is 24.8 Å². The van der Waals surface area contributed by atoms with Crippen molar-refractivity contribution in [3.05, 3.63) is 28.3 Å². The van der Waals surface area contributed by atoms with Crippen LogP contribution in [0.1, 0.15) is 20.8 Å². The van der Waals surface area contributed by atoms with Crippen LogP contribution in [0.15, 0.2) is 23.1 Å². The zero-order valence-electron chi connectivity index (χ0n) is 15.0. The van der Waals surface area contributed by atoms with E-state index in [9.17, 15) is 18.5 Å². The van der Waals surface area contributed by atoms with Crippen LogP contribution in [0.25, 0.3) is 0 Å². The lowest BCUT2D eigenvalue weighted by molar-refractivity contribution is -0.384. The molecule has 9 heteroatoms. The summed E-state index contributed by atoms with van der Waals surface area (Å²) in [6, 6.07) is 4.19. The molecule has 1 aromatic rings. The molecule has 0 unspecified atom stereocenters. The molecular formula is C16H25N3O5S. The van der Waals surface area contributed by atoms with E-state index in [1.807, 2.05) is 25.7 Å². The van der Waals surface area contributed by atoms with Crippen LogP contribution >= 0.6 is 0 Å². The highest BCUT2D eigenvalue weighted by Gasteiger charge is 2.30. The van der Waals surface area contributed by atoms with Crippen molar-refractivity contribution in [3.63, 3.8) is 0 Å². The second-order valence-corrected chi connectivity index (χ2v) is 8.46. The van der Waals surface area contributed by atoms with Crippen LogP contribution in [0.5, 0.6) is 0 Å². The molecule has 0 N–H and O–H groups in total. The Bertz CT molecular complexity index is 729. The lowest BCUT2D eigenvalue weighted by Crippen LogP contribution is -2.40. The van der Waals surface area contributed by atoms with Gasteiger partial charge in [0, 0.05) is 32.2 Å². The Kier molecular flexibility index (Phi) is 6.02. The van der Waals surface area contributed by atoms with Crippen LogP contribution in [0.4, 0.5) is 11.4 Å². The highest BCUT2D eigenvalue weighted by atomic mass is 32.2. The van der Waals surface area contributed by atoms with E-state index in [2.05, 4.69) is 0 Å². The third-order valence-corrected chi connectivity index (χ3v) is 6.60. The van der Waals surface area contributed by atoms with Gasteiger partial charge in [-0.05, 0) is 25.0 Å². The summed E-state index contributed by atoms with van der Waals surface area (Å²) in [5, 5.41) is 11.5. The number of hydrogen-bond acceptors (Lipinski definition) is 6. The third-order valence-electron chi connectivity index (χ3n) is 4.71. The number of nitro benzene ring substituents is 1. The summed E-state index contributed by atoms with van der Waals surface area (Å²) in [5.41, 5.74) is 0.205. The van der Waals surface area contributed by atoms with Crippen molar-refractivity contribution in [3.8, 4) is 0 Å². The summed E-state index contributed by atoms with van der Waals surface area (Å²) in [4.78, 5) is 12.7. The number of nitrogens with zero attached hydrogens (tertiary/aromatic N) is 3. The Hall–Kier alpha value is -1.71. The van der Waals surface area contributed by atoms with Gasteiger partial charge in [-0.15, -0.1) is 0 Å². The molecule has 140 valence electrons. The Morgan fingerprint density at radius 1 is 1.24 bits per heavy atom. The zero-order chi connectivity index (χ0) is 18.8. The first-order valence-electron chi connectivity index (χ1n) is 8.25. The molecule has 8 nitrogen and oxygen atoms in total. The van der Waals surface area contributed by atoms with Gasteiger partial charge in [-0.25, -0.2) is 8.42 Å². The average Bonchev–Trinajstić information content (AvgIpc) is 2.60. The van der Waals surface area contributed by atoms with E-state index >= 15 is 0 Å². The van der Waals surface area contributed by atoms with Crippen molar-refractivity contribution >= 4 is 21.4 Å². The lowest BCUT2D eigenvalue weighted by Gasteiger charge is -2.30. The molecule has 0 spiro atoms. The van der Waals surface area contributed by atoms with Crippen molar-refractivity contribution in [2.45, 2.75) is 31.7 Å². The minimum atomic E-state index is -3.77. The molecule has 1 saturated heterocycles. The van der Waals surface area contributed by atoms with Gasteiger partial charge in [0.05, 0.1) is 23.0 Å². The molecule has 1 heterocycles. The number of sulfonamides is 1. The van der Waals surface area contributed by atoms with Crippen LogP contribution in [-0.2, 0) is 14.8 Å². The van der Waals surface area contributed by atoms with E-state index in [1.54, 1.807) is 7.05 Å². The average molecular weight is 371 g/mol. The van der Waals surface area contributed by atoms with Gasteiger partial charge in [0.1, 0.15) is 5.69 Å². The molecule has 1 atom stereocenters. The highest BCUT2D eigenvalue weighted by Crippen LogP contribution is 2.33. The van der Waals surface area contributed by atoms with Gasteiger partial charge in [0.2, 0.25) is 10.0 Å². The van der Waals surface area contributed by atoms with Crippen LogP contribution in [0.2, 0.25) is 0 Å². The molecule has 25 heavy (non-hydrogen) atoms. The molecule has 1 aliphatic heterocycles. The van der Waals surface area contributed by atoms with Crippen molar-refractivity contribution in [2.75, 3.05) is 38.3 Å². The Morgan fingerprint density at radius 3 is 2.36 bits per heavy atom. The van der Waals surface area contributed by atoms with E-state index in [-0.39, 0.29) is 29.7 Å². The summed E-state index contributed by atoms with van der Waals surface area (Å²) in [6.45, 7) is 7.20. The fourth-order valence-corrected chi connectivity index (χ4v) is 4.14. The van der Waals surface area contributed by atoms with Crippen molar-refractivity contribution in [2.24, 2.45) is 5.92 Å². The predicted molar refractivity (Wildman–Crippen MR) is 95.4 cm³/mol. The predicted octanol–water partition coefficient (Wildman–Crippen LogP) is 2.10. The molecular weight excluding hydrogens is 346 g/mol. The summed E-state index contributed by atoms with van der Waals surface area (Å²) in [5.74, 6) is 0.293. The van der Waals surface area contributed by atoms with E-state index in [4.69, 9.17) is 4.74 Å². The second kappa shape index (κ2) is 7.67. The van der Waals surface area contributed by atoms with Crippen LogP contribution in [-0.4, -0.2) is 57.0 Å². The standard InChI is InChI=1S/C16H25N3O5S/c1-12(2)13(3)17(4)15-6-5-14(11-16(15)19(20)21)25(22,23)18-7-9-24-10-8-18/h5-6,11-13H,7-10H2,1-4H3/t13-/m1/s1. The van der Waals surface area contributed by atoms with Gasteiger partial charge in [-0.2, -0.15) is 4.31 Å². The van der Waals surface area contributed by atoms with Crippen molar-refractivity contribution < 1.29 is 18.1 Å². The maximum absolute atomic E-state index is 12.7. The fourth-order valence-electron chi connectivity index (χ4n) is 2.71. The fraction of sp³-hybridized carbons (Fsp3) is 0.625. The molecule has 0 amide bonds. The number of anilines is 1. The molecule has 1 aliphatic rings. The molecule has 1 aromatic carbocycles.